The molecule has 1 aliphatic rings. The van der Waals surface area contributed by atoms with Crippen molar-refractivity contribution < 1.29 is 14.3 Å². The molecule has 1 saturated heterocycles. The maximum atomic E-state index is 12.8. The first-order valence-electron chi connectivity index (χ1n) is 12.1. The van der Waals surface area contributed by atoms with E-state index in [0.717, 1.165) is 37.1 Å². The van der Waals surface area contributed by atoms with Gasteiger partial charge >= 0.3 is 5.97 Å². The van der Waals surface area contributed by atoms with Gasteiger partial charge in [-0.3, -0.25) is 4.79 Å². The van der Waals surface area contributed by atoms with Gasteiger partial charge in [0.1, 0.15) is 0 Å². The molecule has 0 aliphatic carbocycles. The van der Waals surface area contributed by atoms with E-state index in [1.165, 1.54) is 36.6 Å². The van der Waals surface area contributed by atoms with Crippen molar-refractivity contribution >= 4 is 23.6 Å². The van der Waals surface area contributed by atoms with Crippen LogP contribution >= 0.6 is 0 Å². The van der Waals surface area contributed by atoms with Gasteiger partial charge in [0.15, 0.2) is 0 Å². The fourth-order valence-corrected chi connectivity index (χ4v) is 4.80. The summed E-state index contributed by atoms with van der Waals surface area (Å²) in [7, 11) is 0. The third-order valence-electron chi connectivity index (χ3n) is 6.34. The molecule has 2 atom stereocenters. The van der Waals surface area contributed by atoms with Gasteiger partial charge in [0.2, 0.25) is 5.91 Å². The van der Waals surface area contributed by atoms with Crippen molar-refractivity contribution in [3.8, 4) is 0 Å². The predicted octanol–water partition coefficient (Wildman–Crippen LogP) is 5.41. The molecular formula is C28H36N2O3. The standard InChI is InChI=1S/C28H36N2O3/c1-3-10-24(23-11-6-7-12-25(23)30-19-8-5-9-20-30)27(28(29)32)22-16-13-21(14-17-22)15-18-26(31)33-4-2/h6-7,11-18,24,27H,3-5,8-10,19-20H2,1-2H3,(H2,29,32). The Kier molecular flexibility index (Phi) is 9.11. The maximum absolute atomic E-state index is 12.8. The topological polar surface area (TPSA) is 72.6 Å². The quantitative estimate of drug-likeness (QED) is 0.390. The molecule has 0 spiro atoms. The second kappa shape index (κ2) is 12.2. The lowest BCUT2D eigenvalue weighted by atomic mass is 9.77. The minimum atomic E-state index is -0.418. The summed E-state index contributed by atoms with van der Waals surface area (Å²) in [4.78, 5) is 26.8. The van der Waals surface area contributed by atoms with Gasteiger partial charge < -0.3 is 15.4 Å². The summed E-state index contributed by atoms with van der Waals surface area (Å²) in [6.45, 7) is 6.38. The van der Waals surface area contributed by atoms with Gasteiger partial charge in [0, 0.05) is 30.8 Å². The first kappa shape index (κ1) is 24.6. The number of ether oxygens (including phenoxy) is 1. The van der Waals surface area contributed by atoms with E-state index >= 15 is 0 Å². The van der Waals surface area contributed by atoms with Crippen LogP contribution in [0.25, 0.3) is 6.08 Å². The van der Waals surface area contributed by atoms with Crippen molar-refractivity contribution in [2.24, 2.45) is 5.73 Å². The molecule has 176 valence electrons. The number of carbonyl (C=O) groups excluding carboxylic acids is 2. The summed E-state index contributed by atoms with van der Waals surface area (Å²) in [6, 6.07) is 16.2. The van der Waals surface area contributed by atoms with E-state index in [1.807, 2.05) is 24.3 Å². The van der Waals surface area contributed by atoms with Crippen LogP contribution in [-0.2, 0) is 14.3 Å². The molecule has 0 saturated carbocycles. The zero-order chi connectivity index (χ0) is 23.6. The number of esters is 1. The summed E-state index contributed by atoms with van der Waals surface area (Å²) in [5, 5.41) is 0. The van der Waals surface area contributed by atoms with E-state index in [2.05, 4.69) is 36.1 Å². The lowest BCUT2D eigenvalue weighted by molar-refractivity contribution is -0.137. The van der Waals surface area contributed by atoms with E-state index in [9.17, 15) is 9.59 Å². The molecular weight excluding hydrogens is 412 g/mol. The lowest BCUT2D eigenvalue weighted by Gasteiger charge is -2.34. The van der Waals surface area contributed by atoms with Gasteiger partial charge in [0.25, 0.3) is 0 Å². The van der Waals surface area contributed by atoms with Gasteiger partial charge in [-0.05, 0) is 61.4 Å². The highest BCUT2D eigenvalue weighted by Gasteiger charge is 2.31. The van der Waals surface area contributed by atoms with Crippen molar-refractivity contribution in [3.63, 3.8) is 0 Å². The van der Waals surface area contributed by atoms with Gasteiger partial charge in [-0.1, -0.05) is 55.8 Å². The van der Waals surface area contributed by atoms with Gasteiger partial charge in [-0.25, -0.2) is 4.79 Å². The van der Waals surface area contributed by atoms with Gasteiger partial charge in [-0.15, -0.1) is 0 Å². The molecule has 2 unspecified atom stereocenters. The number of amides is 1. The van der Waals surface area contributed by atoms with Crippen molar-refractivity contribution in [1.82, 2.24) is 0 Å². The van der Waals surface area contributed by atoms with Crippen LogP contribution in [0.5, 0.6) is 0 Å². The fraction of sp³-hybridized carbons (Fsp3) is 0.429. The fourth-order valence-electron chi connectivity index (χ4n) is 4.80. The molecule has 2 aromatic carbocycles. The van der Waals surface area contributed by atoms with E-state index in [1.54, 1.807) is 13.0 Å². The van der Waals surface area contributed by atoms with Gasteiger partial charge in [-0.2, -0.15) is 0 Å². The Morgan fingerprint density at radius 1 is 1.03 bits per heavy atom. The Morgan fingerprint density at radius 2 is 1.73 bits per heavy atom. The van der Waals surface area contributed by atoms with E-state index < -0.39 is 5.92 Å². The van der Waals surface area contributed by atoms with Crippen LogP contribution in [0.1, 0.15) is 74.5 Å². The average Bonchev–Trinajstić information content (AvgIpc) is 2.84. The third kappa shape index (κ3) is 6.47. The Morgan fingerprint density at radius 3 is 2.36 bits per heavy atom. The summed E-state index contributed by atoms with van der Waals surface area (Å²) < 4.78 is 4.93. The second-order valence-electron chi connectivity index (χ2n) is 8.63. The summed E-state index contributed by atoms with van der Waals surface area (Å²) >= 11 is 0. The van der Waals surface area contributed by atoms with Crippen molar-refractivity contribution in [2.75, 3.05) is 24.6 Å². The summed E-state index contributed by atoms with van der Waals surface area (Å²) in [5.41, 5.74) is 10.2. The Bertz CT molecular complexity index is 946. The highest BCUT2D eigenvalue weighted by molar-refractivity contribution is 5.87. The Balaban J connectivity index is 1.92. The van der Waals surface area contributed by atoms with Crippen LogP contribution < -0.4 is 10.6 Å². The van der Waals surface area contributed by atoms with Crippen LogP contribution in [0.4, 0.5) is 5.69 Å². The summed E-state index contributed by atoms with van der Waals surface area (Å²) in [5.74, 6) is -1.09. The number of piperidine rings is 1. The zero-order valence-corrected chi connectivity index (χ0v) is 19.8. The third-order valence-corrected chi connectivity index (χ3v) is 6.34. The molecule has 2 aromatic rings. The average molecular weight is 449 g/mol. The molecule has 3 rings (SSSR count). The first-order chi connectivity index (χ1) is 16.0. The van der Waals surface area contributed by atoms with Gasteiger partial charge in [0.05, 0.1) is 12.5 Å². The number of nitrogens with zero attached hydrogens (tertiary/aromatic N) is 1. The molecule has 33 heavy (non-hydrogen) atoms. The molecule has 0 bridgehead atoms. The van der Waals surface area contributed by atoms with E-state index in [0.29, 0.717) is 6.61 Å². The number of nitrogens with two attached hydrogens (primary N) is 1. The number of anilines is 1. The minimum absolute atomic E-state index is 0.00607. The number of hydrogen-bond donors (Lipinski definition) is 1. The molecule has 1 aliphatic heterocycles. The van der Waals surface area contributed by atoms with Crippen molar-refractivity contribution in [3.05, 3.63) is 71.3 Å². The largest absolute Gasteiger partial charge is 0.463 e. The van der Waals surface area contributed by atoms with Crippen LogP contribution in [0.2, 0.25) is 0 Å². The van der Waals surface area contributed by atoms with Crippen LogP contribution in [0.3, 0.4) is 0 Å². The number of hydrogen-bond acceptors (Lipinski definition) is 4. The highest BCUT2D eigenvalue weighted by Crippen LogP contribution is 2.41. The molecule has 0 aromatic heterocycles. The second-order valence-corrected chi connectivity index (χ2v) is 8.63. The first-order valence-corrected chi connectivity index (χ1v) is 12.1. The van der Waals surface area contributed by atoms with Crippen molar-refractivity contribution in [2.45, 2.75) is 57.8 Å². The molecule has 1 heterocycles. The van der Waals surface area contributed by atoms with Crippen LogP contribution in [0.15, 0.2) is 54.6 Å². The minimum Gasteiger partial charge on any atom is -0.463 e. The predicted molar refractivity (Wildman–Crippen MR) is 134 cm³/mol. The highest BCUT2D eigenvalue weighted by atomic mass is 16.5. The molecule has 5 heteroatoms. The molecule has 1 amide bonds. The Hall–Kier alpha value is -3.08. The zero-order valence-electron chi connectivity index (χ0n) is 19.8. The molecule has 5 nitrogen and oxygen atoms in total. The van der Waals surface area contributed by atoms with E-state index in [4.69, 9.17) is 10.5 Å². The SMILES string of the molecule is CCCC(c1ccccc1N1CCCCC1)C(C(N)=O)c1ccc(C=CC(=O)OCC)cc1. The van der Waals surface area contributed by atoms with E-state index in [-0.39, 0.29) is 17.8 Å². The molecule has 0 radical (unpaired) electrons. The Labute approximate surface area is 197 Å². The van der Waals surface area contributed by atoms with Crippen LogP contribution in [0, 0.1) is 0 Å². The number of benzene rings is 2. The normalized spacial score (nSPS) is 15.9. The number of primary amides is 1. The van der Waals surface area contributed by atoms with Crippen molar-refractivity contribution in [1.29, 1.82) is 0 Å². The number of para-hydroxylation sites is 1. The number of carbonyl (C=O) groups is 2. The number of rotatable bonds is 10. The molecule has 1 fully saturated rings. The lowest BCUT2D eigenvalue weighted by Crippen LogP contribution is -2.32. The maximum Gasteiger partial charge on any atom is 0.330 e. The monoisotopic (exact) mass is 448 g/mol. The smallest absolute Gasteiger partial charge is 0.330 e. The summed E-state index contributed by atoms with van der Waals surface area (Å²) in [6.07, 6.45) is 8.65. The molecule has 2 N–H and O–H groups in total. The van der Waals surface area contributed by atoms with Crippen LogP contribution in [-0.4, -0.2) is 31.6 Å².